The smallest absolute Gasteiger partial charge is 0.243 e. The monoisotopic (exact) mass is 467 g/mol. The standard InChI is InChI=1S/C20H29N5O4S2/c1-4-29-18-8-7-17(12-14(18)2)31(27,28)25-10-5-6-16(13-25)19(26)21-9-11-30-20-22-15(3)23-24-20/h7-8,12,16H,4-6,9-11,13H2,1-3H3,(H,21,26)(H,22,23,24)/t16-/m1/s1. The van der Waals surface area contributed by atoms with Crippen molar-refractivity contribution in [3.8, 4) is 5.75 Å². The zero-order chi connectivity index (χ0) is 22.4. The first-order valence-corrected chi connectivity index (χ1v) is 12.8. The summed E-state index contributed by atoms with van der Waals surface area (Å²) in [5.74, 6) is 1.59. The maximum absolute atomic E-state index is 13.1. The normalized spacial score (nSPS) is 17.5. The molecule has 1 fully saturated rings. The molecule has 0 radical (unpaired) electrons. The molecule has 31 heavy (non-hydrogen) atoms. The molecule has 2 aromatic rings. The number of nitrogens with zero attached hydrogens (tertiary/aromatic N) is 3. The van der Waals surface area contributed by atoms with E-state index in [-0.39, 0.29) is 23.3 Å². The molecule has 3 rings (SSSR count). The van der Waals surface area contributed by atoms with Crippen molar-refractivity contribution < 1.29 is 17.9 Å². The Labute approximate surface area is 187 Å². The Morgan fingerprint density at radius 2 is 2.19 bits per heavy atom. The van der Waals surface area contributed by atoms with Crippen LogP contribution < -0.4 is 10.1 Å². The molecule has 2 N–H and O–H groups in total. The molecule has 0 bridgehead atoms. The van der Waals surface area contributed by atoms with Crippen molar-refractivity contribution >= 4 is 27.7 Å². The molecule has 11 heteroatoms. The molecule has 1 aromatic carbocycles. The van der Waals surface area contributed by atoms with Crippen LogP contribution in [-0.2, 0) is 14.8 Å². The number of aromatic amines is 1. The number of H-pyrrole nitrogens is 1. The number of aromatic nitrogens is 3. The molecule has 9 nitrogen and oxygen atoms in total. The van der Waals surface area contributed by atoms with Gasteiger partial charge < -0.3 is 10.1 Å². The van der Waals surface area contributed by atoms with Gasteiger partial charge in [-0.25, -0.2) is 13.4 Å². The number of carbonyl (C=O) groups is 1. The Kier molecular flexibility index (Phi) is 7.95. The Bertz CT molecular complexity index is 1010. The second kappa shape index (κ2) is 10.5. The average molecular weight is 468 g/mol. The van der Waals surface area contributed by atoms with Gasteiger partial charge in [-0.1, -0.05) is 11.8 Å². The van der Waals surface area contributed by atoms with E-state index in [1.807, 2.05) is 20.8 Å². The summed E-state index contributed by atoms with van der Waals surface area (Å²) in [6.45, 7) is 7.14. The van der Waals surface area contributed by atoms with Crippen LogP contribution in [0.5, 0.6) is 5.75 Å². The Morgan fingerprint density at radius 1 is 1.39 bits per heavy atom. The number of nitrogens with one attached hydrogen (secondary N) is 2. The molecular weight excluding hydrogens is 438 g/mol. The number of benzene rings is 1. The van der Waals surface area contributed by atoms with Crippen molar-refractivity contribution in [1.82, 2.24) is 24.8 Å². The summed E-state index contributed by atoms with van der Waals surface area (Å²) in [5.41, 5.74) is 0.772. The average Bonchev–Trinajstić information content (AvgIpc) is 3.17. The fraction of sp³-hybridized carbons (Fsp3) is 0.550. The van der Waals surface area contributed by atoms with E-state index >= 15 is 0 Å². The zero-order valence-corrected chi connectivity index (χ0v) is 19.7. The summed E-state index contributed by atoms with van der Waals surface area (Å²) < 4.78 is 33.2. The highest BCUT2D eigenvalue weighted by Crippen LogP contribution is 2.27. The van der Waals surface area contributed by atoms with Crippen molar-refractivity contribution in [2.45, 2.75) is 43.7 Å². The van der Waals surface area contributed by atoms with Crippen LogP contribution in [0, 0.1) is 19.8 Å². The number of rotatable bonds is 9. The maximum atomic E-state index is 13.1. The van der Waals surface area contributed by atoms with Crippen LogP contribution in [-0.4, -0.2) is 65.8 Å². The minimum Gasteiger partial charge on any atom is -0.494 e. The van der Waals surface area contributed by atoms with Crippen LogP contribution >= 0.6 is 11.8 Å². The van der Waals surface area contributed by atoms with E-state index in [9.17, 15) is 13.2 Å². The van der Waals surface area contributed by atoms with Gasteiger partial charge in [0, 0.05) is 25.4 Å². The first-order chi connectivity index (χ1) is 14.8. The van der Waals surface area contributed by atoms with E-state index in [1.54, 1.807) is 18.2 Å². The lowest BCUT2D eigenvalue weighted by Gasteiger charge is -2.31. The quantitative estimate of drug-likeness (QED) is 0.428. The van der Waals surface area contributed by atoms with Gasteiger partial charge in [0.1, 0.15) is 11.6 Å². The van der Waals surface area contributed by atoms with Crippen molar-refractivity contribution in [1.29, 1.82) is 0 Å². The van der Waals surface area contributed by atoms with Crippen molar-refractivity contribution in [2.75, 3.05) is 32.0 Å². The number of hydrogen-bond acceptors (Lipinski definition) is 7. The number of thioether (sulfide) groups is 1. The third-order valence-electron chi connectivity index (χ3n) is 5.05. The predicted octanol–water partition coefficient (Wildman–Crippen LogP) is 2.13. The number of amides is 1. The zero-order valence-electron chi connectivity index (χ0n) is 18.1. The fourth-order valence-corrected chi connectivity index (χ4v) is 5.78. The third-order valence-corrected chi connectivity index (χ3v) is 7.76. The first-order valence-electron chi connectivity index (χ1n) is 10.3. The summed E-state index contributed by atoms with van der Waals surface area (Å²) in [6.07, 6.45) is 1.33. The van der Waals surface area contributed by atoms with Crippen LogP contribution in [0.3, 0.4) is 0 Å². The van der Waals surface area contributed by atoms with E-state index in [4.69, 9.17) is 4.74 Å². The Balaban J connectivity index is 1.56. The highest BCUT2D eigenvalue weighted by atomic mass is 32.2. The topological polar surface area (TPSA) is 117 Å². The number of hydrogen-bond donors (Lipinski definition) is 2. The van der Waals surface area contributed by atoms with Gasteiger partial charge in [-0.2, -0.15) is 4.31 Å². The van der Waals surface area contributed by atoms with E-state index in [1.165, 1.54) is 16.1 Å². The lowest BCUT2D eigenvalue weighted by molar-refractivity contribution is -0.125. The fourth-order valence-electron chi connectivity index (χ4n) is 3.47. The van der Waals surface area contributed by atoms with E-state index < -0.39 is 10.0 Å². The summed E-state index contributed by atoms with van der Waals surface area (Å²) in [6, 6.07) is 4.89. The van der Waals surface area contributed by atoms with E-state index in [2.05, 4.69) is 20.5 Å². The summed E-state index contributed by atoms with van der Waals surface area (Å²) in [5, 5.41) is 10.4. The predicted molar refractivity (Wildman–Crippen MR) is 119 cm³/mol. The lowest BCUT2D eigenvalue weighted by Crippen LogP contribution is -2.45. The Hall–Kier alpha value is -2.11. The maximum Gasteiger partial charge on any atom is 0.243 e. The number of sulfonamides is 1. The van der Waals surface area contributed by atoms with Crippen LogP contribution in [0.25, 0.3) is 0 Å². The Morgan fingerprint density at radius 3 is 2.87 bits per heavy atom. The highest BCUT2D eigenvalue weighted by Gasteiger charge is 2.33. The minimum absolute atomic E-state index is 0.116. The minimum atomic E-state index is -3.67. The van der Waals surface area contributed by atoms with Gasteiger partial charge in [0.2, 0.25) is 21.1 Å². The molecule has 170 valence electrons. The number of piperidine rings is 1. The molecule has 1 aliphatic rings. The van der Waals surface area contributed by atoms with Gasteiger partial charge in [-0.3, -0.25) is 9.89 Å². The second-order valence-corrected chi connectivity index (χ2v) is 10.4. The molecule has 1 saturated heterocycles. The first kappa shape index (κ1) is 23.6. The third kappa shape index (κ3) is 5.98. The molecule has 0 aliphatic carbocycles. The molecular formula is C20H29N5O4S2. The van der Waals surface area contributed by atoms with Gasteiger partial charge >= 0.3 is 0 Å². The molecule has 0 unspecified atom stereocenters. The van der Waals surface area contributed by atoms with Crippen LogP contribution in [0.4, 0.5) is 0 Å². The second-order valence-electron chi connectivity index (χ2n) is 7.41. The van der Waals surface area contributed by atoms with Gasteiger partial charge in [0.05, 0.1) is 17.4 Å². The largest absolute Gasteiger partial charge is 0.494 e. The van der Waals surface area contributed by atoms with Crippen molar-refractivity contribution in [3.05, 3.63) is 29.6 Å². The summed E-state index contributed by atoms with van der Waals surface area (Å²) in [7, 11) is -3.67. The molecule has 1 aliphatic heterocycles. The summed E-state index contributed by atoms with van der Waals surface area (Å²) >= 11 is 1.45. The molecule has 1 aromatic heterocycles. The van der Waals surface area contributed by atoms with Crippen LogP contribution in [0.15, 0.2) is 28.3 Å². The molecule has 0 spiro atoms. The van der Waals surface area contributed by atoms with Crippen LogP contribution in [0.1, 0.15) is 31.2 Å². The van der Waals surface area contributed by atoms with Gasteiger partial charge in [-0.15, -0.1) is 5.10 Å². The van der Waals surface area contributed by atoms with E-state index in [0.717, 1.165) is 11.4 Å². The lowest BCUT2D eigenvalue weighted by atomic mass is 9.99. The number of aryl methyl sites for hydroxylation is 2. The molecule has 1 atom stereocenters. The molecule has 1 amide bonds. The SMILES string of the molecule is CCOc1ccc(S(=O)(=O)N2CCC[C@@H](C(=O)NCCSc3n[nH]c(C)n3)C2)cc1C. The molecule has 2 heterocycles. The van der Waals surface area contributed by atoms with Gasteiger partial charge in [0.15, 0.2) is 0 Å². The molecule has 0 saturated carbocycles. The van der Waals surface area contributed by atoms with E-state index in [0.29, 0.717) is 49.2 Å². The van der Waals surface area contributed by atoms with Crippen LogP contribution in [0.2, 0.25) is 0 Å². The van der Waals surface area contributed by atoms with Gasteiger partial charge in [-0.05, 0) is 57.4 Å². The summed E-state index contributed by atoms with van der Waals surface area (Å²) in [4.78, 5) is 17.0. The number of ether oxygens (including phenoxy) is 1. The highest BCUT2D eigenvalue weighted by molar-refractivity contribution is 7.99. The number of carbonyl (C=O) groups excluding carboxylic acids is 1. The van der Waals surface area contributed by atoms with Crippen molar-refractivity contribution in [3.63, 3.8) is 0 Å². The van der Waals surface area contributed by atoms with Crippen molar-refractivity contribution in [2.24, 2.45) is 5.92 Å². The van der Waals surface area contributed by atoms with Gasteiger partial charge in [0.25, 0.3) is 0 Å².